The molecule has 0 spiro atoms. The number of halogens is 1. The third-order valence-electron chi connectivity index (χ3n) is 4.55. The van der Waals surface area contributed by atoms with Gasteiger partial charge in [0.05, 0.1) is 5.69 Å². The van der Waals surface area contributed by atoms with Crippen LogP contribution in [0.15, 0.2) is 47.1 Å². The highest BCUT2D eigenvalue weighted by molar-refractivity contribution is 9.10. The smallest absolute Gasteiger partial charge is 0.0573 e. The molecule has 0 saturated heterocycles. The van der Waals surface area contributed by atoms with E-state index in [1.54, 1.807) is 0 Å². The third kappa shape index (κ3) is 6.21. The zero-order valence-electron chi connectivity index (χ0n) is 15.4. The molecule has 2 N–H and O–H groups in total. The molecule has 0 saturated carbocycles. The normalized spacial score (nSPS) is 13.8. The Morgan fingerprint density at radius 3 is 2.60 bits per heavy atom. The molecule has 25 heavy (non-hydrogen) atoms. The van der Waals surface area contributed by atoms with Crippen LogP contribution in [0.1, 0.15) is 43.1 Å². The first-order valence-electron chi connectivity index (χ1n) is 9.00. The monoisotopic (exact) mass is 404 g/mol. The molecule has 0 radical (unpaired) electrons. The minimum atomic E-state index is 0.176. The highest BCUT2D eigenvalue weighted by Gasteiger charge is 2.17. The van der Waals surface area contributed by atoms with Gasteiger partial charge < -0.3 is 10.4 Å². The van der Waals surface area contributed by atoms with Gasteiger partial charge in [0.15, 0.2) is 0 Å². The summed E-state index contributed by atoms with van der Waals surface area (Å²) in [4.78, 5) is 4.51. The first-order chi connectivity index (χ1) is 12.0. The quantitative estimate of drug-likeness (QED) is 0.637. The highest BCUT2D eigenvalue weighted by Crippen LogP contribution is 2.23. The molecule has 2 rings (SSSR count). The lowest BCUT2D eigenvalue weighted by molar-refractivity contribution is 0.215. The summed E-state index contributed by atoms with van der Waals surface area (Å²) in [6.45, 7) is 7.53. The van der Waals surface area contributed by atoms with Crippen molar-refractivity contribution < 1.29 is 5.11 Å². The zero-order chi connectivity index (χ0) is 18.2. The van der Waals surface area contributed by atoms with Gasteiger partial charge in [0, 0.05) is 29.9 Å². The van der Waals surface area contributed by atoms with E-state index >= 15 is 0 Å². The maximum Gasteiger partial charge on any atom is 0.0573 e. The number of pyridine rings is 1. The summed E-state index contributed by atoms with van der Waals surface area (Å²) in [5.41, 5.74) is 3.62. The molecular formula is C21H29BrN2O. The molecule has 3 nitrogen and oxygen atoms in total. The number of hydrogen-bond donors (Lipinski definition) is 2. The predicted octanol–water partition coefficient (Wildman–Crippen LogP) is 4.68. The van der Waals surface area contributed by atoms with Crippen LogP contribution in [0.25, 0.3) is 0 Å². The minimum absolute atomic E-state index is 0.176. The van der Waals surface area contributed by atoms with Crippen molar-refractivity contribution >= 4 is 15.9 Å². The molecule has 0 aliphatic carbocycles. The molecule has 0 bridgehead atoms. The van der Waals surface area contributed by atoms with Gasteiger partial charge >= 0.3 is 0 Å². The van der Waals surface area contributed by atoms with Gasteiger partial charge in [0.1, 0.15) is 0 Å². The Kier molecular flexibility index (Phi) is 8.07. The van der Waals surface area contributed by atoms with Crippen LogP contribution in [0, 0.1) is 18.8 Å². The summed E-state index contributed by atoms with van der Waals surface area (Å²) in [6.07, 6.45) is 3.75. The van der Waals surface area contributed by atoms with Gasteiger partial charge in [-0.15, -0.1) is 0 Å². The van der Waals surface area contributed by atoms with Crippen molar-refractivity contribution in [3.63, 3.8) is 0 Å². The molecule has 0 aliphatic heterocycles. The Hall–Kier alpha value is -1.23. The number of hydrogen-bond acceptors (Lipinski definition) is 3. The zero-order valence-corrected chi connectivity index (χ0v) is 17.0. The second-order valence-electron chi connectivity index (χ2n) is 7.12. The summed E-state index contributed by atoms with van der Waals surface area (Å²) >= 11 is 3.59. The number of aromatic nitrogens is 1. The van der Waals surface area contributed by atoms with Crippen molar-refractivity contribution in [1.29, 1.82) is 0 Å². The Balaban J connectivity index is 2.02. The van der Waals surface area contributed by atoms with E-state index in [0.717, 1.165) is 29.6 Å². The summed E-state index contributed by atoms with van der Waals surface area (Å²) in [6, 6.07) is 12.5. The first-order valence-corrected chi connectivity index (χ1v) is 9.79. The van der Waals surface area contributed by atoms with Crippen LogP contribution in [-0.2, 0) is 6.42 Å². The van der Waals surface area contributed by atoms with Crippen molar-refractivity contribution in [3.8, 4) is 0 Å². The van der Waals surface area contributed by atoms with Crippen molar-refractivity contribution in [1.82, 2.24) is 10.3 Å². The van der Waals surface area contributed by atoms with Crippen LogP contribution in [-0.4, -0.2) is 23.2 Å². The Bertz CT molecular complexity index is 646. The summed E-state index contributed by atoms with van der Waals surface area (Å²) in [5.74, 6) is 0.769. The molecule has 0 aliphatic rings. The molecule has 1 heterocycles. The van der Waals surface area contributed by atoms with Crippen molar-refractivity contribution in [3.05, 3.63) is 63.9 Å². The number of nitrogens with one attached hydrogen (secondary N) is 1. The number of aliphatic hydroxyl groups excluding tert-OH is 1. The lowest BCUT2D eigenvalue weighted by Crippen LogP contribution is -2.31. The first kappa shape index (κ1) is 20.1. The molecular weight excluding hydrogens is 376 g/mol. The molecule has 0 amide bonds. The molecule has 2 aromatic rings. The summed E-state index contributed by atoms with van der Waals surface area (Å²) in [7, 11) is 0. The van der Waals surface area contributed by atoms with E-state index in [4.69, 9.17) is 0 Å². The van der Waals surface area contributed by atoms with Crippen LogP contribution >= 0.6 is 15.9 Å². The molecule has 2 atom stereocenters. The topological polar surface area (TPSA) is 45.1 Å². The fourth-order valence-corrected chi connectivity index (χ4v) is 3.46. The van der Waals surface area contributed by atoms with Gasteiger partial charge in [-0.3, -0.25) is 4.98 Å². The number of rotatable bonds is 9. The lowest BCUT2D eigenvalue weighted by Gasteiger charge is -2.24. The molecule has 2 unspecified atom stereocenters. The summed E-state index contributed by atoms with van der Waals surface area (Å²) < 4.78 is 1.13. The highest BCUT2D eigenvalue weighted by atomic mass is 79.9. The van der Waals surface area contributed by atoms with E-state index in [1.807, 2.05) is 18.3 Å². The SMILES string of the molecule is Cc1c(Br)cccc1CC(CO)CNC(CC(C)C)c1ccccn1. The second-order valence-corrected chi connectivity index (χ2v) is 7.98. The van der Waals surface area contributed by atoms with Crippen molar-refractivity contribution in [2.24, 2.45) is 11.8 Å². The van der Waals surface area contributed by atoms with E-state index in [9.17, 15) is 5.11 Å². The van der Waals surface area contributed by atoms with Gasteiger partial charge in [0.2, 0.25) is 0 Å². The van der Waals surface area contributed by atoms with E-state index in [0.29, 0.717) is 5.92 Å². The summed E-state index contributed by atoms with van der Waals surface area (Å²) in [5, 5.41) is 13.5. The number of benzene rings is 1. The van der Waals surface area contributed by atoms with Crippen LogP contribution in [0.3, 0.4) is 0 Å². The largest absolute Gasteiger partial charge is 0.396 e. The second kappa shape index (κ2) is 10.0. The average Bonchev–Trinajstić information content (AvgIpc) is 2.61. The van der Waals surface area contributed by atoms with Crippen molar-refractivity contribution in [2.45, 2.75) is 39.7 Å². The maximum atomic E-state index is 9.85. The van der Waals surface area contributed by atoms with E-state index in [-0.39, 0.29) is 18.6 Å². The Labute approximate surface area is 160 Å². The van der Waals surface area contributed by atoms with Gasteiger partial charge in [-0.2, -0.15) is 0 Å². The third-order valence-corrected chi connectivity index (χ3v) is 5.41. The van der Waals surface area contributed by atoms with Gasteiger partial charge in [0.25, 0.3) is 0 Å². The molecule has 1 aromatic heterocycles. The Morgan fingerprint density at radius 1 is 1.16 bits per heavy atom. The van der Waals surface area contributed by atoms with E-state index in [1.165, 1.54) is 11.1 Å². The molecule has 136 valence electrons. The van der Waals surface area contributed by atoms with Crippen molar-refractivity contribution in [2.75, 3.05) is 13.2 Å². The number of nitrogens with zero attached hydrogens (tertiary/aromatic N) is 1. The van der Waals surface area contributed by atoms with E-state index in [2.05, 4.69) is 71.3 Å². The fourth-order valence-electron chi connectivity index (χ4n) is 3.06. The average molecular weight is 405 g/mol. The lowest BCUT2D eigenvalue weighted by atomic mass is 9.95. The van der Waals surface area contributed by atoms with E-state index < -0.39 is 0 Å². The van der Waals surface area contributed by atoms with Crippen LogP contribution in [0.4, 0.5) is 0 Å². The minimum Gasteiger partial charge on any atom is -0.396 e. The van der Waals surface area contributed by atoms with Crippen LogP contribution < -0.4 is 5.32 Å². The molecule has 1 aromatic carbocycles. The van der Waals surface area contributed by atoms with Crippen LogP contribution in [0.2, 0.25) is 0 Å². The predicted molar refractivity (Wildman–Crippen MR) is 108 cm³/mol. The van der Waals surface area contributed by atoms with Gasteiger partial charge in [-0.1, -0.05) is 48.0 Å². The molecule has 4 heteroatoms. The molecule has 0 fully saturated rings. The maximum absolute atomic E-state index is 9.85. The van der Waals surface area contributed by atoms with Crippen LogP contribution in [0.5, 0.6) is 0 Å². The van der Waals surface area contributed by atoms with Gasteiger partial charge in [-0.25, -0.2) is 0 Å². The standard InChI is InChI=1S/C21H29BrN2O/c1-15(2)11-21(20-9-4-5-10-23-20)24-13-17(14-25)12-18-7-6-8-19(22)16(18)3/h4-10,15,17,21,24-25H,11-14H2,1-3H3. The van der Waals surface area contributed by atoms with Gasteiger partial charge in [-0.05, 0) is 60.9 Å². The fraction of sp³-hybridized carbons (Fsp3) is 0.476. The number of aliphatic hydroxyl groups is 1. The Morgan fingerprint density at radius 2 is 1.96 bits per heavy atom.